The third-order valence-electron chi connectivity index (χ3n) is 6.60. The Bertz CT molecular complexity index is 877. The van der Waals surface area contributed by atoms with E-state index in [9.17, 15) is 5.11 Å². The van der Waals surface area contributed by atoms with E-state index in [0.29, 0.717) is 26.4 Å². The summed E-state index contributed by atoms with van der Waals surface area (Å²) in [5, 5.41) is 18.0. The molecule has 2 bridgehead atoms. The zero-order valence-corrected chi connectivity index (χ0v) is 16.8. The molecule has 4 aliphatic rings. The van der Waals surface area contributed by atoms with Gasteiger partial charge < -0.3 is 14.6 Å². The minimum atomic E-state index is -0.290. The van der Waals surface area contributed by atoms with Crippen LogP contribution in [0.25, 0.3) is 11.4 Å². The van der Waals surface area contributed by atoms with Gasteiger partial charge in [-0.05, 0) is 48.1 Å². The summed E-state index contributed by atoms with van der Waals surface area (Å²) in [5.74, 6) is 0. The average Bonchev–Trinajstić information content (AvgIpc) is 3.03. The second-order valence-corrected chi connectivity index (χ2v) is 9.90. The van der Waals surface area contributed by atoms with Gasteiger partial charge >= 0.3 is 0 Å². The first-order chi connectivity index (χ1) is 13.3. The maximum atomic E-state index is 9.49. The number of aliphatic hydroxyl groups is 1. The van der Waals surface area contributed by atoms with Crippen LogP contribution in [0, 0.1) is 17.8 Å². The van der Waals surface area contributed by atoms with Crippen molar-refractivity contribution in [2.24, 2.45) is 10.8 Å². The largest absolute Gasteiger partial charge is 0.396 e. The average molecular weight is 384 g/mol. The number of hydrogen-bond donors (Lipinski definition) is 1. The number of pyridine rings is 1. The van der Waals surface area contributed by atoms with E-state index in [1.165, 1.54) is 5.56 Å². The van der Waals surface area contributed by atoms with Crippen molar-refractivity contribution in [1.82, 2.24) is 20.0 Å². The van der Waals surface area contributed by atoms with Crippen LogP contribution < -0.4 is 0 Å². The molecule has 1 saturated heterocycles. The van der Waals surface area contributed by atoms with Crippen LogP contribution in [-0.4, -0.2) is 51.2 Å². The van der Waals surface area contributed by atoms with Crippen LogP contribution in [0.1, 0.15) is 44.2 Å². The molecule has 150 valence electrons. The molecular weight excluding hydrogens is 356 g/mol. The van der Waals surface area contributed by atoms with E-state index in [-0.39, 0.29) is 22.5 Å². The lowest BCUT2D eigenvalue weighted by atomic mass is 9.34. The molecule has 1 N–H and O–H groups in total. The Morgan fingerprint density at radius 1 is 1.21 bits per heavy atom. The summed E-state index contributed by atoms with van der Waals surface area (Å²) in [6.07, 6.45) is 6.87. The van der Waals surface area contributed by atoms with Crippen molar-refractivity contribution in [3.05, 3.63) is 29.6 Å². The van der Waals surface area contributed by atoms with Crippen molar-refractivity contribution in [3.63, 3.8) is 0 Å². The Labute approximate surface area is 165 Å². The second kappa shape index (κ2) is 6.08. The standard InChI is InChI=1S/C21H28N4O3/c1-14-4-15(21-8-20(9-21,10-21)11-26)5-22-18(14)16-6-25(24-23-16)7-17-27-12-19(2,3)13-28-17/h4-6,17,26H,7-13H2,1-3H3. The summed E-state index contributed by atoms with van der Waals surface area (Å²) in [4.78, 5) is 4.71. The molecule has 7 nitrogen and oxygen atoms in total. The van der Waals surface area contributed by atoms with Crippen LogP contribution in [0.15, 0.2) is 18.5 Å². The molecule has 4 fully saturated rings. The highest BCUT2D eigenvalue weighted by atomic mass is 16.7. The molecule has 3 heterocycles. The Morgan fingerprint density at radius 2 is 1.93 bits per heavy atom. The molecule has 0 unspecified atom stereocenters. The van der Waals surface area contributed by atoms with Gasteiger partial charge in [0.15, 0.2) is 6.29 Å². The molecule has 0 atom stereocenters. The van der Waals surface area contributed by atoms with E-state index in [1.54, 1.807) is 4.68 Å². The van der Waals surface area contributed by atoms with Gasteiger partial charge in [0.05, 0.1) is 31.6 Å². The minimum Gasteiger partial charge on any atom is -0.396 e. The van der Waals surface area contributed by atoms with E-state index < -0.39 is 0 Å². The number of aromatic nitrogens is 4. The third-order valence-corrected chi connectivity index (χ3v) is 6.60. The first-order valence-corrected chi connectivity index (χ1v) is 10.0. The topological polar surface area (TPSA) is 82.3 Å². The highest BCUT2D eigenvalue weighted by Gasteiger charge is 2.67. The maximum absolute atomic E-state index is 9.49. The lowest BCUT2D eigenvalue weighted by molar-refractivity contribution is -0.227. The predicted octanol–water partition coefficient (Wildman–Crippen LogP) is 2.46. The lowest BCUT2D eigenvalue weighted by Gasteiger charge is -2.70. The molecule has 0 spiro atoms. The van der Waals surface area contributed by atoms with E-state index in [4.69, 9.17) is 14.5 Å². The van der Waals surface area contributed by atoms with Crippen molar-refractivity contribution < 1.29 is 14.6 Å². The fourth-order valence-corrected chi connectivity index (χ4v) is 5.09. The summed E-state index contributed by atoms with van der Waals surface area (Å²) < 4.78 is 13.3. The maximum Gasteiger partial charge on any atom is 0.177 e. The van der Waals surface area contributed by atoms with Gasteiger partial charge in [-0.3, -0.25) is 4.98 Å². The van der Waals surface area contributed by atoms with Crippen LogP contribution in [0.2, 0.25) is 0 Å². The minimum absolute atomic E-state index is 0.0595. The lowest BCUT2D eigenvalue weighted by Crippen LogP contribution is -2.66. The summed E-state index contributed by atoms with van der Waals surface area (Å²) in [6, 6.07) is 2.23. The quantitative estimate of drug-likeness (QED) is 0.853. The van der Waals surface area contributed by atoms with Crippen molar-refractivity contribution in [2.45, 2.75) is 58.3 Å². The molecule has 0 radical (unpaired) electrons. The third kappa shape index (κ3) is 2.88. The Kier molecular flexibility index (Phi) is 3.96. The first kappa shape index (κ1) is 18.2. The zero-order chi connectivity index (χ0) is 19.6. The molecule has 3 aliphatic carbocycles. The predicted molar refractivity (Wildman–Crippen MR) is 103 cm³/mol. The molecule has 1 aliphatic heterocycles. The number of rotatable bonds is 5. The highest BCUT2D eigenvalue weighted by Crippen LogP contribution is 2.73. The summed E-state index contributed by atoms with van der Waals surface area (Å²) in [5.41, 5.74) is 4.55. The number of aryl methyl sites for hydroxylation is 1. The first-order valence-electron chi connectivity index (χ1n) is 10.0. The molecule has 28 heavy (non-hydrogen) atoms. The van der Waals surface area contributed by atoms with E-state index in [0.717, 1.165) is 36.2 Å². The van der Waals surface area contributed by atoms with E-state index in [2.05, 4.69) is 37.1 Å². The molecule has 2 aromatic rings. The number of aliphatic hydroxyl groups excluding tert-OH is 1. The van der Waals surface area contributed by atoms with Crippen molar-refractivity contribution >= 4 is 0 Å². The van der Waals surface area contributed by atoms with Gasteiger partial charge in [-0.2, -0.15) is 0 Å². The van der Waals surface area contributed by atoms with Gasteiger partial charge in [0, 0.05) is 18.2 Å². The van der Waals surface area contributed by atoms with Crippen molar-refractivity contribution in [2.75, 3.05) is 19.8 Å². The van der Waals surface area contributed by atoms with Gasteiger partial charge in [0.25, 0.3) is 0 Å². The Balaban J connectivity index is 1.27. The smallest absolute Gasteiger partial charge is 0.177 e. The fraction of sp³-hybridized carbons (Fsp3) is 0.667. The highest BCUT2D eigenvalue weighted by molar-refractivity contribution is 5.58. The molecular formula is C21H28N4O3. The molecule has 2 aromatic heterocycles. The van der Waals surface area contributed by atoms with Crippen LogP contribution >= 0.6 is 0 Å². The summed E-state index contributed by atoms with van der Waals surface area (Å²) in [7, 11) is 0. The fourth-order valence-electron chi connectivity index (χ4n) is 5.09. The van der Waals surface area contributed by atoms with Crippen LogP contribution in [0.5, 0.6) is 0 Å². The Hall–Kier alpha value is -1.83. The molecule has 0 aromatic carbocycles. The Morgan fingerprint density at radius 3 is 2.57 bits per heavy atom. The molecule has 3 saturated carbocycles. The van der Waals surface area contributed by atoms with Crippen LogP contribution in [-0.2, 0) is 21.4 Å². The van der Waals surface area contributed by atoms with Crippen LogP contribution in [0.3, 0.4) is 0 Å². The number of hydrogen-bond acceptors (Lipinski definition) is 6. The summed E-state index contributed by atoms with van der Waals surface area (Å²) in [6.45, 7) is 8.53. The van der Waals surface area contributed by atoms with Gasteiger partial charge in [-0.1, -0.05) is 25.1 Å². The van der Waals surface area contributed by atoms with Crippen molar-refractivity contribution in [1.29, 1.82) is 0 Å². The molecule has 6 rings (SSSR count). The van der Waals surface area contributed by atoms with E-state index >= 15 is 0 Å². The van der Waals surface area contributed by atoms with Gasteiger partial charge in [0.1, 0.15) is 5.69 Å². The second-order valence-electron chi connectivity index (χ2n) is 9.90. The van der Waals surface area contributed by atoms with E-state index in [1.807, 2.05) is 12.4 Å². The SMILES string of the molecule is Cc1cc(C23CC(CO)(C2)C3)cnc1-c1cn(CC2OCC(C)(C)CO2)nn1. The molecule has 0 amide bonds. The normalized spacial score (nSPS) is 31.3. The number of ether oxygens (including phenoxy) is 2. The molecule has 7 heteroatoms. The van der Waals surface area contributed by atoms with Gasteiger partial charge in [-0.25, -0.2) is 4.68 Å². The zero-order valence-electron chi connectivity index (χ0n) is 16.8. The monoisotopic (exact) mass is 384 g/mol. The van der Waals surface area contributed by atoms with Crippen LogP contribution in [0.4, 0.5) is 0 Å². The van der Waals surface area contributed by atoms with Gasteiger partial charge in [0.2, 0.25) is 0 Å². The summed E-state index contributed by atoms with van der Waals surface area (Å²) >= 11 is 0. The van der Waals surface area contributed by atoms with Crippen molar-refractivity contribution in [3.8, 4) is 11.4 Å². The number of nitrogens with zero attached hydrogens (tertiary/aromatic N) is 4. The van der Waals surface area contributed by atoms with Gasteiger partial charge in [-0.15, -0.1) is 5.10 Å².